The fourth-order valence-corrected chi connectivity index (χ4v) is 1.86. The summed E-state index contributed by atoms with van der Waals surface area (Å²) < 4.78 is 5.11. The van der Waals surface area contributed by atoms with Gasteiger partial charge in [-0.05, 0) is 25.1 Å². The molecule has 0 radical (unpaired) electrons. The van der Waals surface area contributed by atoms with Gasteiger partial charge in [0.1, 0.15) is 10.9 Å². The molecule has 1 unspecified atom stereocenters. The fourth-order valence-electron chi connectivity index (χ4n) is 1.56. The van der Waals surface area contributed by atoms with Crippen molar-refractivity contribution in [2.75, 3.05) is 7.11 Å². The molecule has 1 heterocycles. The van der Waals surface area contributed by atoms with Crippen molar-refractivity contribution >= 4 is 22.5 Å². The molecule has 0 fully saturated rings. The summed E-state index contributed by atoms with van der Waals surface area (Å²) in [6, 6.07) is 7.40. The van der Waals surface area contributed by atoms with Crippen LogP contribution < -0.4 is 4.74 Å². The average Bonchev–Trinajstić information content (AvgIpc) is 2.27. The van der Waals surface area contributed by atoms with E-state index in [1.165, 1.54) is 0 Å². The molecule has 3 nitrogen and oxygen atoms in total. The van der Waals surface area contributed by atoms with Gasteiger partial charge in [0.2, 0.25) is 0 Å². The van der Waals surface area contributed by atoms with Gasteiger partial charge in [-0.3, -0.25) is 0 Å². The number of fused-ring (bicyclic) bond motifs is 1. The second kappa shape index (κ2) is 4.28. The molecule has 84 valence electrons. The van der Waals surface area contributed by atoms with Crippen molar-refractivity contribution in [3.8, 4) is 5.75 Å². The Balaban J connectivity index is 2.64. The predicted molar refractivity (Wildman–Crippen MR) is 63.9 cm³/mol. The summed E-state index contributed by atoms with van der Waals surface area (Å²) in [5.74, 6) is 0.737. The Labute approximate surface area is 98.6 Å². The standard InChI is InChI=1S/C12H12ClNO2/c1-7(15)10-5-8-3-4-9(16-2)6-11(8)14-12(10)13/h3-7,15H,1-2H3. The highest BCUT2D eigenvalue weighted by Crippen LogP contribution is 2.27. The minimum absolute atomic E-state index is 0.329. The Hall–Kier alpha value is -1.32. The van der Waals surface area contributed by atoms with E-state index in [1.54, 1.807) is 14.0 Å². The van der Waals surface area contributed by atoms with E-state index < -0.39 is 6.10 Å². The van der Waals surface area contributed by atoms with Crippen LogP contribution in [0.3, 0.4) is 0 Å². The molecule has 16 heavy (non-hydrogen) atoms. The van der Waals surface area contributed by atoms with Crippen LogP contribution in [0, 0.1) is 0 Å². The summed E-state index contributed by atoms with van der Waals surface area (Å²) in [5.41, 5.74) is 1.40. The highest BCUT2D eigenvalue weighted by molar-refractivity contribution is 6.30. The summed E-state index contributed by atoms with van der Waals surface area (Å²) in [7, 11) is 1.60. The maximum Gasteiger partial charge on any atom is 0.135 e. The molecular formula is C12H12ClNO2. The Morgan fingerprint density at radius 3 is 2.75 bits per heavy atom. The molecule has 1 atom stereocenters. The SMILES string of the molecule is COc1ccc2cc(C(C)O)c(Cl)nc2c1. The molecule has 0 aliphatic carbocycles. The van der Waals surface area contributed by atoms with Gasteiger partial charge in [-0.25, -0.2) is 4.98 Å². The number of hydrogen-bond acceptors (Lipinski definition) is 3. The quantitative estimate of drug-likeness (QED) is 0.817. The van der Waals surface area contributed by atoms with E-state index >= 15 is 0 Å². The van der Waals surface area contributed by atoms with Crippen molar-refractivity contribution < 1.29 is 9.84 Å². The van der Waals surface area contributed by atoms with Gasteiger partial charge in [0, 0.05) is 17.0 Å². The normalized spacial score (nSPS) is 12.8. The molecule has 0 saturated carbocycles. The van der Waals surface area contributed by atoms with E-state index in [1.807, 2.05) is 24.3 Å². The number of halogens is 1. The molecule has 1 aromatic carbocycles. The molecule has 0 amide bonds. The zero-order valence-electron chi connectivity index (χ0n) is 9.07. The molecule has 0 spiro atoms. The van der Waals surface area contributed by atoms with Gasteiger partial charge in [-0.1, -0.05) is 11.6 Å². The van der Waals surface area contributed by atoms with Crippen molar-refractivity contribution in [3.63, 3.8) is 0 Å². The average molecular weight is 238 g/mol. The lowest BCUT2D eigenvalue weighted by Crippen LogP contribution is -1.95. The number of nitrogens with zero attached hydrogens (tertiary/aromatic N) is 1. The highest BCUT2D eigenvalue weighted by Gasteiger charge is 2.09. The van der Waals surface area contributed by atoms with Crippen LogP contribution in [-0.2, 0) is 0 Å². The molecule has 1 N–H and O–H groups in total. The molecule has 0 bridgehead atoms. The summed E-state index contributed by atoms with van der Waals surface area (Å²) >= 11 is 5.98. The Morgan fingerprint density at radius 1 is 1.38 bits per heavy atom. The maximum absolute atomic E-state index is 9.52. The molecule has 0 aliphatic heterocycles. The van der Waals surface area contributed by atoms with E-state index in [2.05, 4.69) is 4.98 Å². The van der Waals surface area contributed by atoms with Crippen molar-refractivity contribution in [3.05, 3.63) is 35.0 Å². The number of rotatable bonds is 2. The van der Waals surface area contributed by atoms with Crippen molar-refractivity contribution in [1.82, 2.24) is 4.98 Å². The number of hydrogen-bond donors (Lipinski definition) is 1. The third-order valence-corrected chi connectivity index (χ3v) is 2.76. The third-order valence-electron chi connectivity index (χ3n) is 2.46. The van der Waals surface area contributed by atoms with Gasteiger partial charge < -0.3 is 9.84 Å². The van der Waals surface area contributed by atoms with Crippen LogP contribution in [0.5, 0.6) is 5.75 Å². The Kier molecular flexibility index (Phi) is 2.99. The zero-order chi connectivity index (χ0) is 11.7. The third kappa shape index (κ3) is 1.96. The van der Waals surface area contributed by atoms with Crippen molar-refractivity contribution in [2.24, 2.45) is 0 Å². The van der Waals surface area contributed by atoms with Crippen LogP contribution in [0.25, 0.3) is 10.9 Å². The number of benzene rings is 1. The van der Waals surface area contributed by atoms with E-state index in [4.69, 9.17) is 16.3 Å². The summed E-state index contributed by atoms with van der Waals surface area (Å²) in [4.78, 5) is 4.23. The van der Waals surface area contributed by atoms with Crippen LogP contribution in [0.2, 0.25) is 5.15 Å². The number of aliphatic hydroxyl groups excluding tert-OH is 1. The second-order valence-electron chi connectivity index (χ2n) is 3.60. The minimum Gasteiger partial charge on any atom is -0.497 e. The topological polar surface area (TPSA) is 42.4 Å². The van der Waals surface area contributed by atoms with Gasteiger partial charge in [0.05, 0.1) is 18.7 Å². The van der Waals surface area contributed by atoms with Crippen LogP contribution in [0.4, 0.5) is 0 Å². The van der Waals surface area contributed by atoms with Gasteiger partial charge in [-0.2, -0.15) is 0 Å². The Morgan fingerprint density at radius 2 is 2.12 bits per heavy atom. The van der Waals surface area contributed by atoms with Crippen LogP contribution in [-0.4, -0.2) is 17.2 Å². The first-order valence-electron chi connectivity index (χ1n) is 4.94. The summed E-state index contributed by atoms with van der Waals surface area (Å²) in [6.45, 7) is 1.66. The minimum atomic E-state index is -0.619. The molecule has 2 rings (SSSR count). The van der Waals surface area contributed by atoms with Crippen LogP contribution in [0.1, 0.15) is 18.6 Å². The van der Waals surface area contributed by atoms with Gasteiger partial charge in [0.25, 0.3) is 0 Å². The zero-order valence-corrected chi connectivity index (χ0v) is 9.82. The number of pyridine rings is 1. The van der Waals surface area contributed by atoms with Gasteiger partial charge in [0.15, 0.2) is 0 Å². The molecule has 0 aliphatic rings. The number of aliphatic hydroxyl groups is 1. The van der Waals surface area contributed by atoms with Crippen LogP contribution >= 0.6 is 11.6 Å². The largest absolute Gasteiger partial charge is 0.497 e. The predicted octanol–water partition coefficient (Wildman–Crippen LogP) is 2.95. The number of methoxy groups -OCH3 is 1. The molecule has 2 aromatic rings. The first kappa shape index (κ1) is 11.2. The fraction of sp³-hybridized carbons (Fsp3) is 0.250. The van der Waals surface area contributed by atoms with Gasteiger partial charge >= 0.3 is 0 Å². The summed E-state index contributed by atoms with van der Waals surface area (Å²) in [6.07, 6.45) is -0.619. The Bertz CT molecular complexity index is 526. The lowest BCUT2D eigenvalue weighted by atomic mass is 10.1. The highest BCUT2D eigenvalue weighted by atomic mass is 35.5. The number of ether oxygens (including phenoxy) is 1. The molecular weight excluding hydrogens is 226 g/mol. The van der Waals surface area contributed by atoms with Crippen molar-refractivity contribution in [2.45, 2.75) is 13.0 Å². The monoisotopic (exact) mass is 237 g/mol. The molecule has 1 aromatic heterocycles. The summed E-state index contributed by atoms with van der Waals surface area (Å²) in [5, 5.41) is 10.8. The van der Waals surface area contributed by atoms with E-state index in [9.17, 15) is 5.11 Å². The first-order chi connectivity index (χ1) is 7.61. The van der Waals surface area contributed by atoms with Crippen molar-refractivity contribution in [1.29, 1.82) is 0 Å². The smallest absolute Gasteiger partial charge is 0.135 e. The maximum atomic E-state index is 9.52. The molecule has 4 heteroatoms. The first-order valence-corrected chi connectivity index (χ1v) is 5.32. The lowest BCUT2D eigenvalue weighted by molar-refractivity contribution is 0.199. The van der Waals surface area contributed by atoms with E-state index in [0.29, 0.717) is 10.7 Å². The van der Waals surface area contributed by atoms with E-state index in [-0.39, 0.29) is 0 Å². The van der Waals surface area contributed by atoms with Crippen LogP contribution in [0.15, 0.2) is 24.3 Å². The van der Waals surface area contributed by atoms with E-state index in [0.717, 1.165) is 16.7 Å². The van der Waals surface area contributed by atoms with Gasteiger partial charge in [-0.15, -0.1) is 0 Å². The lowest BCUT2D eigenvalue weighted by Gasteiger charge is -2.09. The number of aromatic nitrogens is 1. The molecule has 0 saturated heterocycles. The second-order valence-corrected chi connectivity index (χ2v) is 3.96.